The van der Waals surface area contributed by atoms with Crippen LogP contribution in [0.25, 0.3) is 0 Å². The molecular weight excluding hydrogens is 332 g/mol. The minimum atomic E-state index is -0.265. The van der Waals surface area contributed by atoms with Crippen LogP contribution in [0.5, 0.6) is 0 Å². The molecule has 0 spiro atoms. The number of hydrogen-bond acceptors (Lipinski definition) is 2. The van der Waals surface area contributed by atoms with Crippen LogP contribution in [0.4, 0.5) is 0 Å². The fourth-order valence-corrected chi connectivity index (χ4v) is 3.73. The van der Waals surface area contributed by atoms with Crippen molar-refractivity contribution in [2.24, 2.45) is 5.92 Å². The summed E-state index contributed by atoms with van der Waals surface area (Å²) in [7, 11) is 0. The van der Waals surface area contributed by atoms with E-state index in [1.165, 1.54) is 10.5 Å². The molecule has 0 radical (unpaired) electrons. The molecule has 0 aliphatic heterocycles. The molecule has 1 N–H and O–H groups in total. The smallest absolute Gasteiger partial charge is 0.0875 e. The standard InChI is InChI=1S/C17H20BrOS/c1-2-5-17(19)14-7-4-9-16(11-14)20-12-13-6-3-8-15(18)10-13/h3-4,6-10,14,17,19H,1-2,5,11-12H2/q+1. The van der Waals surface area contributed by atoms with E-state index >= 15 is 0 Å². The molecule has 0 amide bonds. The highest BCUT2D eigenvalue weighted by Gasteiger charge is 2.20. The second-order valence-corrected chi connectivity index (χ2v) is 7.03. The first-order chi connectivity index (χ1) is 9.69. The summed E-state index contributed by atoms with van der Waals surface area (Å²) >= 11 is 5.36. The highest BCUT2D eigenvalue weighted by molar-refractivity contribution is 9.10. The van der Waals surface area contributed by atoms with Crippen molar-refractivity contribution in [3.05, 3.63) is 64.4 Å². The molecule has 1 aromatic carbocycles. The van der Waals surface area contributed by atoms with Gasteiger partial charge in [-0.3, -0.25) is 0 Å². The van der Waals surface area contributed by atoms with E-state index in [9.17, 15) is 5.11 Å². The average molecular weight is 352 g/mol. The lowest BCUT2D eigenvalue weighted by molar-refractivity contribution is 0.121. The van der Waals surface area contributed by atoms with Crippen molar-refractivity contribution in [2.75, 3.05) is 0 Å². The molecule has 1 aliphatic carbocycles. The quantitative estimate of drug-likeness (QED) is 0.718. The molecule has 1 aliphatic rings. The number of allylic oxidation sites excluding steroid dienone is 3. The van der Waals surface area contributed by atoms with Gasteiger partial charge in [-0.15, -0.1) is 11.8 Å². The first-order valence-electron chi connectivity index (χ1n) is 6.91. The van der Waals surface area contributed by atoms with Crippen LogP contribution in [0, 0.1) is 12.8 Å². The second kappa shape index (κ2) is 7.96. The number of thioether (sulfide) groups is 1. The molecule has 1 aromatic rings. The minimum absolute atomic E-state index is 0.242. The lowest BCUT2D eigenvalue weighted by Gasteiger charge is -2.22. The van der Waals surface area contributed by atoms with E-state index in [1.54, 1.807) is 0 Å². The van der Waals surface area contributed by atoms with Gasteiger partial charge in [0.05, 0.1) is 19.4 Å². The van der Waals surface area contributed by atoms with Gasteiger partial charge in [-0.05, 0) is 29.0 Å². The van der Waals surface area contributed by atoms with Crippen LogP contribution in [0.1, 0.15) is 24.8 Å². The number of halogens is 1. The van der Waals surface area contributed by atoms with E-state index < -0.39 is 0 Å². The van der Waals surface area contributed by atoms with Crippen LogP contribution in [0.3, 0.4) is 0 Å². The third kappa shape index (κ3) is 4.72. The Labute approximate surface area is 134 Å². The van der Waals surface area contributed by atoms with Gasteiger partial charge in [0.2, 0.25) is 0 Å². The van der Waals surface area contributed by atoms with Crippen LogP contribution >= 0.6 is 27.7 Å². The van der Waals surface area contributed by atoms with Crippen LogP contribution in [-0.4, -0.2) is 11.2 Å². The monoisotopic (exact) mass is 351 g/mol. The van der Waals surface area contributed by atoms with Crippen LogP contribution in [0.15, 0.2) is 51.9 Å². The number of aliphatic hydroxyl groups is 1. The maximum atomic E-state index is 10.1. The van der Waals surface area contributed by atoms with Crippen molar-refractivity contribution in [1.82, 2.24) is 0 Å². The molecule has 0 bridgehead atoms. The summed E-state index contributed by atoms with van der Waals surface area (Å²) in [6.07, 6.45) is 8.59. The molecule has 20 heavy (non-hydrogen) atoms. The zero-order valence-electron chi connectivity index (χ0n) is 11.5. The van der Waals surface area contributed by atoms with Crippen molar-refractivity contribution < 1.29 is 5.11 Å². The molecule has 3 heteroatoms. The topological polar surface area (TPSA) is 20.2 Å². The van der Waals surface area contributed by atoms with Crippen LogP contribution in [0.2, 0.25) is 0 Å². The van der Waals surface area contributed by atoms with Crippen LogP contribution < -0.4 is 0 Å². The highest BCUT2D eigenvalue weighted by Crippen LogP contribution is 2.33. The summed E-state index contributed by atoms with van der Waals surface area (Å²) in [5.41, 5.74) is 1.31. The number of rotatable bonds is 6. The first-order valence-corrected chi connectivity index (χ1v) is 8.69. The summed E-state index contributed by atoms with van der Waals surface area (Å²) < 4.78 is 1.12. The normalized spacial score (nSPS) is 19.7. The van der Waals surface area contributed by atoms with E-state index in [0.717, 1.165) is 29.5 Å². The fourth-order valence-electron chi connectivity index (χ4n) is 2.27. The summed E-state index contributed by atoms with van der Waals surface area (Å²) in [4.78, 5) is 1.35. The maximum Gasteiger partial charge on any atom is 0.0875 e. The fraction of sp³-hybridized carbons (Fsp3) is 0.353. The Kier molecular flexibility index (Phi) is 6.27. The molecule has 106 valence electrons. The third-order valence-corrected chi connectivity index (χ3v) is 5.03. The Hall–Kier alpha value is -0.640. The van der Waals surface area contributed by atoms with Gasteiger partial charge in [-0.25, -0.2) is 0 Å². The lowest BCUT2D eigenvalue weighted by Crippen LogP contribution is -2.19. The largest absolute Gasteiger partial charge is 0.392 e. The molecule has 1 nitrogen and oxygen atoms in total. The van der Waals surface area contributed by atoms with E-state index in [0.29, 0.717) is 0 Å². The maximum absolute atomic E-state index is 10.1. The van der Waals surface area contributed by atoms with Gasteiger partial charge in [0, 0.05) is 22.6 Å². The Morgan fingerprint density at radius 1 is 1.45 bits per heavy atom. The molecule has 0 saturated heterocycles. The Bertz CT molecular complexity index is 496. The van der Waals surface area contributed by atoms with E-state index in [2.05, 4.69) is 59.3 Å². The van der Waals surface area contributed by atoms with E-state index in [1.807, 2.05) is 17.8 Å². The molecule has 0 saturated carbocycles. The zero-order chi connectivity index (χ0) is 14.4. The lowest BCUT2D eigenvalue weighted by atomic mass is 9.92. The molecule has 2 unspecified atom stereocenters. The highest BCUT2D eigenvalue weighted by atomic mass is 79.9. The van der Waals surface area contributed by atoms with Gasteiger partial charge in [0.15, 0.2) is 0 Å². The number of aliphatic hydroxyl groups excluding tert-OH is 1. The molecular formula is C17H20BrOS+. The van der Waals surface area contributed by atoms with Gasteiger partial charge in [0.25, 0.3) is 0 Å². The summed E-state index contributed by atoms with van der Waals surface area (Å²) in [5.74, 6) is 1.21. The molecule has 0 fully saturated rings. The Balaban J connectivity index is 1.87. The molecule has 2 atom stereocenters. The SMILES string of the molecule is [CH2+]CCC(O)C1C=CC=C(SCc2cccc(Br)c2)C1. The van der Waals surface area contributed by atoms with Crippen LogP contribution in [-0.2, 0) is 5.75 Å². The van der Waals surface area contributed by atoms with Gasteiger partial charge < -0.3 is 5.11 Å². The van der Waals surface area contributed by atoms with Gasteiger partial charge in [-0.2, -0.15) is 0 Å². The van der Waals surface area contributed by atoms with Gasteiger partial charge in [-0.1, -0.05) is 46.3 Å². The molecule has 0 aromatic heterocycles. The number of hydrogen-bond donors (Lipinski definition) is 1. The Morgan fingerprint density at radius 3 is 3.05 bits per heavy atom. The van der Waals surface area contributed by atoms with Crippen molar-refractivity contribution in [2.45, 2.75) is 31.1 Å². The Morgan fingerprint density at radius 2 is 2.30 bits per heavy atom. The summed E-state index contributed by atoms with van der Waals surface area (Å²) in [6.45, 7) is 3.82. The number of benzene rings is 1. The second-order valence-electron chi connectivity index (χ2n) is 5.01. The zero-order valence-corrected chi connectivity index (χ0v) is 13.9. The average Bonchev–Trinajstić information content (AvgIpc) is 2.46. The van der Waals surface area contributed by atoms with Crippen molar-refractivity contribution in [1.29, 1.82) is 0 Å². The van der Waals surface area contributed by atoms with E-state index in [-0.39, 0.29) is 12.0 Å². The third-order valence-electron chi connectivity index (χ3n) is 3.38. The molecule has 2 rings (SSSR count). The summed E-state index contributed by atoms with van der Waals surface area (Å²) in [6, 6.07) is 8.41. The predicted molar refractivity (Wildman–Crippen MR) is 91.4 cm³/mol. The van der Waals surface area contributed by atoms with Gasteiger partial charge >= 0.3 is 0 Å². The summed E-state index contributed by atoms with van der Waals surface area (Å²) in [5, 5.41) is 10.1. The van der Waals surface area contributed by atoms with Crippen molar-refractivity contribution in [3.63, 3.8) is 0 Å². The van der Waals surface area contributed by atoms with Crippen molar-refractivity contribution in [3.8, 4) is 0 Å². The van der Waals surface area contributed by atoms with Gasteiger partial charge in [0.1, 0.15) is 0 Å². The molecule has 0 heterocycles. The predicted octanol–water partition coefficient (Wildman–Crippen LogP) is 5.12. The minimum Gasteiger partial charge on any atom is -0.392 e. The van der Waals surface area contributed by atoms with Crippen molar-refractivity contribution >= 4 is 27.7 Å². The van der Waals surface area contributed by atoms with E-state index in [4.69, 9.17) is 0 Å². The first kappa shape index (κ1) is 15.7.